The Morgan fingerprint density at radius 1 is 1.32 bits per heavy atom. The van der Waals surface area contributed by atoms with Crippen molar-refractivity contribution in [3.05, 3.63) is 34.4 Å². The molecule has 3 rings (SSSR count). The average Bonchev–Trinajstić information content (AvgIpc) is 2.52. The number of halogens is 1. The summed E-state index contributed by atoms with van der Waals surface area (Å²) >= 11 is 3.52. The molecule has 1 aromatic carbocycles. The van der Waals surface area contributed by atoms with E-state index in [0.717, 1.165) is 58.6 Å². The third-order valence-electron chi connectivity index (χ3n) is 4.33. The number of nitrogens with two attached hydrogens (primary N) is 1. The monoisotopic (exact) mass is 361 g/mol. The predicted molar refractivity (Wildman–Crippen MR) is 93.1 cm³/mol. The van der Waals surface area contributed by atoms with Gasteiger partial charge < -0.3 is 15.8 Å². The summed E-state index contributed by atoms with van der Waals surface area (Å²) in [5, 5.41) is 4.71. The molecule has 0 amide bonds. The number of aldehydes is 1. The van der Waals surface area contributed by atoms with Crippen molar-refractivity contribution in [2.45, 2.75) is 44.2 Å². The minimum atomic E-state index is 0.329. The quantitative estimate of drug-likeness (QED) is 0.818. The maximum atomic E-state index is 11.0. The van der Waals surface area contributed by atoms with Gasteiger partial charge in [-0.25, -0.2) is 0 Å². The van der Waals surface area contributed by atoms with Crippen LogP contribution in [0.1, 0.15) is 31.2 Å². The SMILES string of the molecule is NC1CCC(Nc2c(CC=O)cnc3ccc(Br)cc23)CC1. The van der Waals surface area contributed by atoms with E-state index in [9.17, 15) is 4.79 Å². The van der Waals surface area contributed by atoms with Crippen LogP contribution in [0.3, 0.4) is 0 Å². The van der Waals surface area contributed by atoms with Gasteiger partial charge in [-0.05, 0) is 43.9 Å². The predicted octanol–water partition coefficient (Wildman–Crippen LogP) is 3.42. The van der Waals surface area contributed by atoms with Gasteiger partial charge in [0.25, 0.3) is 0 Å². The summed E-state index contributed by atoms with van der Waals surface area (Å²) in [7, 11) is 0. The Labute approximate surface area is 138 Å². The van der Waals surface area contributed by atoms with E-state index in [0.29, 0.717) is 18.5 Å². The summed E-state index contributed by atoms with van der Waals surface area (Å²) in [5.74, 6) is 0. The van der Waals surface area contributed by atoms with Crippen LogP contribution in [0.25, 0.3) is 10.9 Å². The lowest BCUT2D eigenvalue weighted by molar-refractivity contribution is -0.107. The van der Waals surface area contributed by atoms with Crippen LogP contribution in [0.4, 0.5) is 5.69 Å². The maximum Gasteiger partial charge on any atom is 0.124 e. The molecule has 1 fully saturated rings. The van der Waals surface area contributed by atoms with Crippen LogP contribution in [0.5, 0.6) is 0 Å². The zero-order valence-electron chi connectivity index (χ0n) is 12.4. The normalized spacial score (nSPS) is 21.7. The Kier molecular flexibility index (Phi) is 4.74. The second-order valence-electron chi connectivity index (χ2n) is 5.95. The van der Waals surface area contributed by atoms with Crippen molar-refractivity contribution in [1.29, 1.82) is 0 Å². The molecule has 0 aliphatic heterocycles. The van der Waals surface area contributed by atoms with Crippen LogP contribution in [-0.4, -0.2) is 23.4 Å². The lowest BCUT2D eigenvalue weighted by Crippen LogP contribution is -2.33. The largest absolute Gasteiger partial charge is 0.381 e. The molecule has 0 radical (unpaired) electrons. The molecule has 1 saturated carbocycles. The first-order valence-electron chi connectivity index (χ1n) is 7.70. The molecule has 1 heterocycles. The molecule has 1 aliphatic rings. The number of nitrogens with zero attached hydrogens (tertiary/aromatic N) is 1. The highest BCUT2D eigenvalue weighted by atomic mass is 79.9. The number of hydrogen-bond acceptors (Lipinski definition) is 4. The second kappa shape index (κ2) is 6.75. The molecule has 1 aromatic heterocycles. The number of carbonyl (C=O) groups excluding carboxylic acids is 1. The number of nitrogens with one attached hydrogen (secondary N) is 1. The Morgan fingerprint density at radius 2 is 2.09 bits per heavy atom. The van der Waals surface area contributed by atoms with Gasteiger partial charge >= 0.3 is 0 Å². The molecule has 0 spiro atoms. The van der Waals surface area contributed by atoms with E-state index >= 15 is 0 Å². The molecule has 0 unspecified atom stereocenters. The van der Waals surface area contributed by atoms with Gasteiger partial charge in [-0.3, -0.25) is 4.98 Å². The highest BCUT2D eigenvalue weighted by molar-refractivity contribution is 9.10. The fourth-order valence-corrected chi connectivity index (χ4v) is 3.45. The molecular formula is C17H20BrN3O. The lowest BCUT2D eigenvalue weighted by atomic mass is 9.91. The standard InChI is InChI=1S/C17H20BrN3O/c18-12-1-6-16-15(9-12)17(11(7-8-22)10-20-16)21-14-4-2-13(19)3-5-14/h1,6,8-10,13-14H,2-5,7,19H2,(H,20,21). The van der Waals surface area contributed by atoms with Crippen LogP contribution < -0.4 is 11.1 Å². The van der Waals surface area contributed by atoms with Crippen LogP contribution in [0.15, 0.2) is 28.9 Å². The molecule has 1 aliphatic carbocycles. The molecule has 0 bridgehead atoms. The van der Waals surface area contributed by atoms with Crippen molar-refractivity contribution in [1.82, 2.24) is 4.98 Å². The average molecular weight is 362 g/mol. The molecule has 22 heavy (non-hydrogen) atoms. The number of hydrogen-bond donors (Lipinski definition) is 2. The summed E-state index contributed by atoms with van der Waals surface area (Å²) in [4.78, 5) is 15.5. The summed E-state index contributed by atoms with van der Waals surface area (Å²) < 4.78 is 1.01. The minimum absolute atomic E-state index is 0.329. The first kappa shape index (κ1) is 15.4. The Hall–Kier alpha value is -1.46. The molecule has 2 aromatic rings. The number of carbonyl (C=O) groups is 1. The molecule has 5 heteroatoms. The van der Waals surface area contributed by atoms with Crippen molar-refractivity contribution < 1.29 is 4.79 Å². The van der Waals surface area contributed by atoms with Crippen molar-refractivity contribution in [2.24, 2.45) is 5.73 Å². The molecule has 0 atom stereocenters. The zero-order valence-corrected chi connectivity index (χ0v) is 14.0. The Morgan fingerprint density at radius 3 is 2.82 bits per heavy atom. The number of pyridine rings is 1. The van der Waals surface area contributed by atoms with Crippen molar-refractivity contribution in [3.63, 3.8) is 0 Å². The zero-order chi connectivity index (χ0) is 15.5. The third-order valence-corrected chi connectivity index (χ3v) is 4.83. The smallest absolute Gasteiger partial charge is 0.124 e. The lowest BCUT2D eigenvalue weighted by Gasteiger charge is -2.29. The van der Waals surface area contributed by atoms with Crippen molar-refractivity contribution >= 4 is 38.8 Å². The second-order valence-corrected chi connectivity index (χ2v) is 6.86. The molecule has 116 valence electrons. The minimum Gasteiger partial charge on any atom is -0.381 e. The number of anilines is 1. The van der Waals surface area contributed by atoms with E-state index in [1.807, 2.05) is 18.3 Å². The van der Waals surface area contributed by atoms with Crippen LogP contribution in [-0.2, 0) is 11.2 Å². The van der Waals surface area contributed by atoms with Gasteiger partial charge in [-0.1, -0.05) is 15.9 Å². The first-order valence-corrected chi connectivity index (χ1v) is 8.49. The van der Waals surface area contributed by atoms with E-state index < -0.39 is 0 Å². The third kappa shape index (κ3) is 3.31. The van der Waals surface area contributed by atoms with Gasteiger partial charge in [0.05, 0.1) is 5.52 Å². The topological polar surface area (TPSA) is 68.0 Å². The van der Waals surface area contributed by atoms with E-state index in [1.165, 1.54) is 0 Å². The molecule has 0 saturated heterocycles. The Bertz CT molecular complexity index is 681. The van der Waals surface area contributed by atoms with Gasteiger partial charge in [0.2, 0.25) is 0 Å². The van der Waals surface area contributed by atoms with E-state index in [4.69, 9.17) is 5.73 Å². The van der Waals surface area contributed by atoms with Gasteiger partial charge in [-0.2, -0.15) is 0 Å². The Balaban J connectivity index is 1.98. The number of rotatable bonds is 4. The highest BCUT2D eigenvalue weighted by Crippen LogP contribution is 2.31. The summed E-state index contributed by atoms with van der Waals surface area (Å²) in [6.45, 7) is 0. The van der Waals surface area contributed by atoms with Crippen molar-refractivity contribution in [3.8, 4) is 0 Å². The molecule has 4 nitrogen and oxygen atoms in total. The van der Waals surface area contributed by atoms with Gasteiger partial charge in [0.15, 0.2) is 0 Å². The molecular weight excluding hydrogens is 342 g/mol. The van der Waals surface area contributed by atoms with Gasteiger partial charge in [0, 0.05) is 45.8 Å². The number of fused-ring (bicyclic) bond motifs is 1. The van der Waals surface area contributed by atoms with Crippen LogP contribution >= 0.6 is 15.9 Å². The van der Waals surface area contributed by atoms with Crippen LogP contribution in [0.2, 0.25) is 0 Å². The summed E-state index contributed by atoms with van der Waals surface area (Å²) in [6, 6.07) is 6.78. The maximum absolute atomic E-state index is 11.0. The fourth-order valence-electron chi connectivity index (χ4n) is 3.09. The summed E-state index contributed by atoms with van der Waals surface area (Å²) in [6.07, 6.45) is 7.36. The summed E-state index contributed by atoms with van der Waals surface area (Å²) in [5.41, 5.74) is 8.92. The first-order chi connectivity index (χ1) is 10.7. The highest BCUT2D eigenvalue weighted by Gasteiger charge is 2.20. The van der Waals surface area contributed by atoms with Gasteiger partial charge in [0.1, 0.15) is 6.29 Å². The van der Waals surface area contributed by atoms with Gasteiger partial charge in [-0.15, -0.1) is 0 Å². The molecule has 3 N–H and O–H groups in total. The van der Waals surface area contributed by atoms with Crippen molar-refractivity contribution in [2.75, 3.05) is 5.32 Å². The van der Waals surface area contributed by atoms with Crippen LogP contribution in [0, 0.1) is 0 Å². The van der Waals surface area contributed by atoms with E-state index in [1.54, 1.807) is 0 Å². The van der Waals surface area contributed by atoms with E-state index in [2.05, 4.69) is 32.3 Å². The van der Waals surface area contributed by atoms with E-state index in [-0.39, 0.29) is 0 Å². The number of aromatic nitrogens is 1. The fraction of sp³-hybridized carbons (Fsp3) is 0.412. The number of benzene rings is 1.